The molecule has 0 aromatic carbocycles. The van der Waals surface area contributed by atoms with Crippen LogP contribution in [0.2, 0.25) is 0 Å². The van der Waals surface area contributed by atoms with Gasteiger partial charge < -0.3 is 14.8 Å². The lowest BCUT2D eigenvalue weighted by molar-refractivity contribution is -0.336. The summed E-state index contributed by atoms with van der Waals surface area (Å²) >= 11 is 0. The van der Waals surface area contributed by atoms with Gasteiger partial charge in [0.05, 0.1) is 12.7 Å². The van der Waals surface area contributed by atoms with E-state index in [0.717, 1.165) is 32.3 Å². The first kappa shape index (κ1) is 16.3. The van der Waals surface area contributed by atoms with Gasteiger partial charge in [0.25, 0.3) is 0 Å². The van der Waals surface area contributed by atoms with Crippen molar-refractivity contribution in [2.24, 2.45) is 5.92 Å². The summed E-state index contributed by atoms with van der Waals surface area (Å²) in [7, 11) is 0. The molecule has 2 saturated heterocycles. The summed E-state index contributed by atoms with van der Waals surface area (Å²) in [6.45, 7) is 14.4. The minimum absolute atomic E-state index is 0.0531. The van der Waals surface area contributed by atoms with Crippen LogP contribution in [0.15, 0.2) is 0 Å². The van der Waals surface area contributed by atoms with E-state index in [-0.39, 0.29) is 16.9 Å². The molecule has 0 amide bonds. The molecule has 2 atom stereocenters. The Hall–Kier alpha value is -0.120. The topological polar surface area (TPSA) is 30.5 Å². The lowest BCUT2D eigenvalue weighted by atomic mass is 9.77. The van der Waals surface area contributed by atoms with Gasteiger partial charge in [-0.1, -0.05) is 20.3 Å². The van der Waals surface area contributed by atoms with E-state index in [1.807, 2.05) is 0 Å². The average molecular weight is 283 g/mol. The van der Waals surface area contributed by atoms with Crippen LogP contribution in [0.5, 0.6) is 0 Å². The van der Waals surface area contributed by atoms with E-state index in [0.29, 0.717) is 12.0 Å². The Balaban J connectivity index is 2.17. The van der Waals surface area contributed by atoms with Crippen molar-refractivity contribution in [2.75, 3.05) is 6.61 Å². The van der Waals surface area contributed by atoms with E-state index in [1.165, 1.54) is 6.42 Å². The van der Waals surface area contributed by atoms with Gasteiger partial charge in [0.1, 0.15) is 0 Å². The molecule has 2 unspecified atom stereocenters. The normalized spacial score (nSPS) is 35.1. The third kappa shape index (κ3) is 3.55. The molecular formula is C17H33NO2. The van der Waals surface area contributed by atoms with Crippen LogP contribution in [-0.4, -0.2) is 29.6 Å². The van der Waals surface area contributed by atoms with Crippen LogP contribution in [0.4, 0.5) is 0 Å². The van der Waals surface area contributed by atoms with Crippen LogP contribution in [0.25, 0.3) is 0 Å². The number of nitrogens with one attached hydrogen (secondary N) is 1. The predicted molar refractivity (Wildman–Crippen MR) is 82.8 cm³/mol. The fourth-order valence-corrected chi connectivity index (χ4v) is 4.33. The fraction of sp³-hybridized carbons (Fsp3) is 1.00. The SMILES string of the molecule is CCCC1OC2(CC(C)(C)NC(C)(C)C2)OCC1CC. The maximum Gasteiger partial charge on any atom is 0.172 e. The second kappa shape index (κ2) is 5.58. The molecule has 3 heteroatoms. The van der Waals surface area contributed by atoms with Gasteiger partial charge in [-0.3, -0.25) is 0 Å². The van der Waals surface area contributed by atoms with E-state index in [1.54, 1.807) is 0 Å². The number of hydrogen-bond donors (Lipinski definition) is 1. The Bertz CT molecular complexity index is 322. The van der Waals surface area contributed by atoms with Gasteiger partial charge in [0.15, 0.2) is 5.79 Å². The molecule has 2 aliphatic rings. The van der Waals surface area contributed by atoms with Gasteiger partial charge >= 0.3 is 0 Å². The highest BCUT2D eigenvalue weighted by Crippen LogP contribution is 2.44. The zero-order valence-electron chi connectivity index (χ0n) is 14.2. The summed E-state index contributed by atoms with van der Waals surface area (Å²) in [6, 6.07) is 0. The maximum atomic E-state index is 6.57. The number of piperidine rings is 1. The molecule has 2 heterocycles. The summed E-state index contributed by atoms with van der Waals surface area (Å²) in [5.41, 5.74) is 0.106. The summed E-state index contributed by atoms with van der Waals surface area (Å²) in [6.07, 6.45) is 5.70. The van der Waals surface area contributed by atoms with Crippen molar-refractivity contribution in [2.45, 2.75) is 96.6 Å². The first-order valence-corrected chi connectivity index (χ1v) is 8.32. The van der Waals surface area contributed by atoms with E-state index < -0.39 is 0 Å². The zero-order valence-corrected chi connectivity index (χ0v) is 14.2. The summed E-state index contributed by atoms with van der Waals surface area (Å²) in [5.74, 6) is 0.172. The summed E-state index contributed by atoms with van der Waals surface area (Å²) in [5, 5.41) is 3.72. The standard InChI is InChI=1S/C17H33NO2/c1-7-9-14-13(8-2)10-19-17(20-14)11-15(3,4)18-16(5,6)12-17/h13-14,18H,7-12H2,1-6H3. The number of hydrogen-bond acceptors (Lipinski definition) is 3. The molecule has 0 saturated carbocycles. The first-order valence-electron chi connectivity index (χ1n) is 8.32. The molecule has 20 heavy (non-hydrogen) atoms. The van der Waals surface area contributed by atoms with Gasteiger partial charge in [-0.15, -0.1) is 0 Å². The van der Waals surface area contributed by atoms with Crippen molar-refractivity contribution in [1.82, 2.24) is 5.32 Å². The minimum atomic E-state index is -0.385. The van der Waals surface area contributed by atoms with E-state index in [4.69, 9.17) is 9.47 Å². The van der Waals surface area contributed by atoms with Gasteiger partial charge in [-0.05, 0) is 40.5 Å². The number of ether oxygens (including phenoxy) is 2. The summed E-state index contributed by atoms with van der Waals surface area (Å²) < 4.78 is 12.9. The molecule has 2 rings (SSSR count). The molecule has 1 spiro atoms. The molecule has 0 radical (unpaired) electrons. The molecule has 118 valence electrons. The van der Waals surface area contributed by atoms with Crippen LogP contribution in [0, 0.1) is 5.92 Å². The maximum absolute atomic E-state index is 6.57. The molecule has 0 aromatic heterocycles. The average Bonchev–Trinajstić information content (AvgIpc) is 2.25. The zero-order chi connectivity index (χ0) is 15.0. The monoisotopic (exact) mass is 283 g/mol. The minimum Gasteiger partial charge on any atom is -0.349 e. The van der Waals surface area contributed by atoms with Gasteiger partial charge in [0.2, 0.25) is 0 Å². The Morgan fingerprint density at radius 2 is 1.65 bits per heavy atom. The van der Waals surface area contributed by atoms with Crippen molar-refractivity contribution in [3.63, 3.8) is 0 Å². The quantitative estimate of drug-likeness (QED) is 0.853. The lowest BCUT2D eigenvalue weighted by Gasteiger charge is -2.55. The number of rotatable bonds is 3. The van der Waals surface area contributed by atoms with Crippen molar-refractivity contribution in [3.8, 4) is 0 Å². The van der Waals surface area contributed by atoms with Crippen molar-refractivity contribution < 1.29 is 9.47 Å². The van der Waals surface area contributed by atoms with E-state index in [9.17, 15) is 0 Å². The third-order valence-corrected chi connectivity index (χ3v) is 4.65. The van der Waals surface area contributed by atoms with Gasteiger partial charge in [0, 0.05) is 29.8 Å². The van der Waals surface area contributed by atoms with Gasteiger partial charge in [-0.25, -0.2) is 0 Å². The Morgan fingerprint density at radius 3 is 2.15 bits per heavy atom. The molecule has 0 aliphatic carbocycles. The molecule has 2 fully saturated rings. The summed E-state index contributed by atoms with van der Waals surface area (Å²) in [4.78, 5) is 0. The van der Waals surface area contributed by atoms with Crippen LogP contribution in [0.1, 0.15) is 73.6 Å². The Labute approximate surface area is 124 Å². The van der Waals surface area contributed by atoms with E-state index in [2.05, 4.69) is 46.9 Å². The third-order valence-electron chi connectivity index (χ3n) is 4.65. The van der Waals surface area contributed by atoms with Crippen molar-refractivity contribution in [3.05, 3.63) is 0 Å². The molecule has 2 aliphatic heterocycles. The van der Waals surface area contributed by atoms with Crippen LogP contribution < -0.4 is 5.32 Å². The largest absolute Gasteiger partial charge is 0.349 e. The van der Waals surface area contributed by atoms with E-state index >= 15 is 0 Å². The van der Waals surface area contributed by atoms with Crippen LogP contribution >= 0.6 is 0 Å². The Kier molecular flexibility index (Phi) is 4.54. The second-order valence-electron chi connectivity index (χ2n) is 8.08. The predicted octanol–water partition coefficient (Wildman–Crippen LogP) is 3.87. The van der Waals surface area contributed by atoms with Gasteiger partial charge in [-0.2, -0.15) is 0 Å². The van der Waals surface area contributed by atoms with Crippen LogP contribution in [-0.2, 0) is 9.47 Å². The lowest BCUT2D eigenvalue weighted by Crippen LogP contribution is -2.67. The molecule has 1 N–H and O–H groups in total. The Morgan fingerprint density at radius 1 is 1.05 bits per heavy atom. The highest BCUT2D eigenvalue weighted by molar-refractivity contribution is 5.03. The van der Waals surface area contributed by atoms with Crippen molar-refractivity contribution in [1.29, 1.82) is 0 Å². The highest BCUT2D eigenvalue weighted by Gasteiger charge is 2.52. The molecule has 3 nitrogen and oxygen atoms in total. The smallest absolute Gasteiger partial charge is 0.172 e. The van der Waals surface area contributed by atoms with Crippen LogP contribution in [0.3, 0.4) is 0 Å². The second-order valence-corrected chi connectivity index (χ2v) is 8.08. The molecular weight excluding hydrogens is 250 g/mol. The first-order chi connectivity index (χ1) is 9.21. The van der Waals surface area contributed by atoms with Crippen molar-refractivity contribution >= 4 is 0 Å². The highest BCUT2D eigenvalue weighted by atomic mass is 16.7. The molecule has 0 bridgehead atoms. The molecule has 0 aromatic rings. The fourth-order valence-electron chi connectivity index (χ4n) is 4.33.